The number of carbonyl (C=O) groups excluding carboxylic acids is 1. The number of hydrogen-bond acceptors (Lipinski definition) is 5. The number of nitrogens with one attached hydrogen (secondary N) is 1. The Bertz CT molecular complexity index is 739. The smallest absolute Gasteiger partial charge is 0.254 e. The standard InChI is InChI=1S/C18H26N2O5S/c1-14(21)12-19-26(23,24)16-6-4-15(5-7-16)17(22)20-10-11-25-18(13-20)8-2-3-9-18/h4-7,14,19,21H,2-3,8-13H2,1H3/t14-/m1/s1. The van der Waals surface area contributed by atoms with E-state index < -0.39 is 16.1 Å². The summed E-state index contributed by atoms with van der Waals surface area (Å²) in [6, 6.07) is 5.92. The summed E-state index contributed by atoms with van der Waals surface area (Å²) in [7, 11) is -3.70. The third-order valence-electron chi connectivity index (χ3n) is 5.03. The molecule has 2 fully saturated rings. The van der Waals surface area contributed by atoms with Crippen LogP contribution in [0.25, 0.3) is 0 Å². The minimum atomic E-state index is -3.70. The van der Waals surface area contributed by atoms with Crippen molar-refractivity contribution in [2.45, 2.75) is 49.2 Å². The summed E-state index contributed by atoms with van der Waals surface area (Å²) in [5, 5.41) is 9.22. The van der Waals surface area contributed by atoms with Gasteiger partial charge in [-0.1, -0.05) is 12.8 Å². The lowest BCUT2D eigenvalue weighted by molar-refractivity contribution is -0.0948. The summed E-state index contributed by atoms with van der Waals surface area (Å²) in [5.41, 5.74) is 0.275. The average Bonchev–Trinajstić information content (AvgIpc) is 3.07. The summed E-state index contributed by atoms with van der Waals surface area (Å²) < 4.78 is 32.6. The Morgan fingerprint density at radius 2 is 1.96 bits per heavy atom. The van der Waals surface area contributed by atoms with Crippen LogP contribution in [-0.2, 0) is 14.8 Å². The van der Waals surface area contributed by atoms with Gasteiger partial charge in [-0.2, -0.15) is 0 Å². The predicted octanol–water partition coefficient (Wildman–Crippen LogP) is 1.13. The number of benzene rings is 1. The molecule has 1 spiro atoms. The maximum absolute atomic E-state index is 12.8. The van der Waals surface area contributed by atoms with Gasteiger partial charge in [0, 0.05) is 18.7 Å². The van der Waals surface area contributed by atoms with E-state index in [0.29, 0.717) is 25.3 Å². The number of aliphatic hydroxyl groups excluding tert-OH is 1. The largest absolute Gasteiger partial charge is 0.392 e. The van der Waals surface area contributed by atoms with Crippen LogP contribution >= 0.6 is 0 Å². The number of nitrogens with zero attached hydrogens (tertiary/aromatic N) is 1. The van der Waals surface area contributed by atoms with E-state index in [0.717, 1.165) is 25.7 Å². The molecule has 1 amide bonds. The molecule has 1 aliphatic carbocycles. The summed E-state index contributed by atoms with van der Waals surface area (Å²) in [5.74, 6) is -0.0968. The lowest BCUT2D eigenvalue weighted by atomic mass is 9.99. The Kier molecular flexibility index (Phi) is 5.67. The fraction of sp³-hybridized carbons (Fsp3) is 0.611. The highest BCUT2D eigenvalue weighted by Crippen LogP contribution is 2.36. The van der Waals surface area contributed by atoms with Crippen molar-refractivity contribution in [3.63, 3.8) is 0 Å². The first kappa shape index (κ1) is 19.3. The van der Waals surface area contributed by atoms with E-state index in [4.69, 9.17) is 4.74 Å². The molecular formula is C18H26N2O5S. The highest BCUT2D eigenvalue weighted by atomic mass is 32.2. The number of carbonyl (C=O) groups is 1. The quantitative estimate of drug-likeness (QED) is 0.796. The van der Waals surface area contributed by atoms with Crippen LogP contribution in [-0.4, -0.2) is 62.3 Å². The molecule has 1 saturated carbocycles. The van der Waals surface area contributed by atoms with Crippen LogP contribution in [0.5, 0.6) is 0 Å². The molecule has 3 rings (SSSR count). The van der Waals surface area contributed by atoms with Gasteiger partial charge >= 0.3 is 0 Å². The van der Waals surface area contributed by atoms with Crippen molar-refractivity contribution in [1.29, 1.82) is 0 Å². The van der Waals surface area contributed by atoms with Crippen LogP contribution in [0.15, 0.2) is 29.2 Å². The fourth-order valence-electron chi connectivity index (χ4n) is 3.61. The van der Waals surface area contributed by atoms with E-state index in [1.54, 1.807) is 0 Å². The Morgan fingerprint density at radius 3 is 2.58 bits per heavy atom. The first-order valence-corrected chi connectivity index (χ1v) is 10.5. The zero-order valence-electron chi connectivity index (χ0n) is 15.0. The molecule has 2 N–H and O–H groups in total. The topological polar surface area (TPSA) is 95.9 Å². The van der Waals surface area contributed by atoms with Gasteiger partial charge in [0.1, 0.15) is 0 Å². The molecule has 2 aliphatic rings. The molecule has 0 unspecified atom stereocenters. The molecule has 144 valence electrons. The molecular weight excluding hydrogens is 356 g/mol. The molecule has 1 heterocycles. The first-order chi connectivity index (χ1) is 12.3. The summed E-state index contributed by atoms with van der Waals surface area (Å²) in [6.07, 6.45) is 3.48. The van der Waals surface area contributed by atoms with Crippen molar-refractivity contribution in [2.75, 3.05) is 26.2 Å². The van der Waals surface area contributed by atoms with Crippen molar-refractivity contribution < 1.29 is 23.1 Å². The van der Waals surface area contributed by atoms with E-state index >= 15 is 0 Å². The number of amides is 1. The van der Waals surface area contributed by atoms with E-state index in [1.807, 2.05) is 4.90 Å². The molecule has 7 nitrogen and oxygen atoms in total. The van der Waals surface area contributed by atoms with Gasteiger partial charge in [-0.25, -0.2) is 13.1 Å². The number of hydrogen-bond donors (Lipinski definition) is 2. The predicted molar refractivity (Wildman–Crippen MR) is 96.4 cm³/mol. The molecule has 1 atom stereocenters. The zero-order chi connectivity index (χ0) is 18.8. The summed E-state index contributed by atoms with van der Waals surface area (Å²) >= 11 is 0. The van der Waals surface area contributed by atoms with Gasteiger partial charge in [-0.05, 0) is 44.0 Å². The maximum Gasteiger partial charge on any atom is 0.254 e. The Hall–Kier alpha value is -1.48. The number of sulfonamides is 1. The molecule has 1 aromatic rings. The molecule has 1 saturated heterocycles. The lowest BCUT2D eigenvalue weighted by Gasteiger charge is -2.40. The highest BCUT2D eigenvalue weighted by Gasteiger charge is 2.40. The minimum Gasteiger partial charge on any atom is -0.392 e. The van der Waals surface area contributed by atoms with Gasteiger partial charge in [0.25, 0.3) is 5.91 Å². The molecule has 0 aromatic heterocycles. The lowest BCUT2D eigenvalue weighted by Crippen LogP contribution is -2.52. The Labute approximate surface area is 154 Å². The van der Waals surface area contributed by atoms with Crippen molar-refractivity contribution in [2.24, 2.45) is 0 Å². The van der Waals surface area contributed by atoms with Crippen molar-refractivity contribution in [3.8, 4) is 0 Å². The molecule has 0 radical (unpaired) electrons. The minimum absolute atomic E-state index is 0.0567. The summed E-state index contributed by atoms with van der Waals surface area (Å²) in [4.78, 5) is 14.7. The molecule has 1 aromatic carbocycles. The van der Waals surface area contributed by atoms with Crippen molar-refractivity contribution in [3.05, 3.63) is 29.8 Å². The Balaban J connectivity index is 1.69. The third kappa shape index (κ3) is 4.25. The van der Waals surface area contributed by atoms with Gasteiger partial charge in [-0.15, -0.1) is 0 Å². The van der Waals surface area contributed by atoms with Crippen LogP contribution in [0.2, 0.25) is 0 Å². The molecule has 1 aliphatic heterocycles. The van der Waals surface area contributed by atoms with Gasteiger partial charge in [0.15, 0.2) is 0 Å². The number of rotatable bonds is 5. The molecule has 0 bridgehead atoms. The Morgan fingerprint density at radius 1 is 1.31 bits per heavy atom. The average molecular weight is 382 g/mol. The number of morpholine rings is 1. The second kappa shape index (κ2) is 7.64. The normalized spacial score (nSPS) is 21.1. The zero-order valence-corrected chi connectivity index (χ0v) is 15.8. The van der Waals surface area contributed by atoms with Crippen LogP contribution in [0.3, 0.4) is 0 Å². The second-order valence-electron chi connectivity index (χ2n) is 7.19. The SMILES string of the molecule is C[C@@H](O)CNS(=O)(=O)c1ccc(C(=O)N2CCOC3(CCCC3)C2)cc1. The monoisotopic (exact) mass is 382 g/mol. The van der Waals surface area contributed by atoms with Crippen LogP contribution in [0.1, 0.15) is 43.0 Å². The third-order valence-corrected chi connectivity index (χ3v) is 6.47. The van der Waals surface area contributed by atoms with Gasteiger partial charge in [-0.3, -0.25) is 4.79 Å². The van der Waals surface area contributed by atoms with Crippen LogP contribution in [0.4, 0.5) is 0 Å². The van der Waals surface area contributed by atoms with Crippen molar-refractivity contribution >= 4 is 15.9 Å². The highest BCUT2D eigenvalue weighted by molar-refractivity contribution is 7.89. The second-order valence-corrected chi connectivity index (χ2v) is 8.96. The van der Waals surface area contributed by atoms with Gasteiger partial charge in [0.05, 0.1) is 29.8 Å². The maximum atomic E-state index is 12.8. The number of ether oxygens (including phenoxy) is 1. The van der Waals surface area contributed by atoms with Crippen LogP contribution < -0.4 is 4.72 Å². The van der Waals surface area contributed by atoms with Crippen LogP contribution in [0, 0.1) is 0 Å². The van der Waals surface area contributed by atoms with Gasteiger partial charge < -0.3 is 14.7 Å². The fourth-order valence-corrected chi connectivity index (χ4v) is 4.73. The molecule has 8 heteroatoms. The molecule has 26 heavy (non-hydrogen) atoms. The first-order valence-electron chi connectivity index (χ1n) is 9.02. The van der Waals surface area contributed by atoms with E-state index in [-0.39, 0.29) is 22.9 Å². The van der Waals surface area contributed by atoms with E-state index in [9.17, 15) is 18.3 Å². The number of aliphatic hydroxyl groups is 1. The van der Waals surface area contributed by atoms with Crippen molar-refractivity contribution in [1.82, 2.24) is 9.62 Å². The summed E-state index contributed by atoms with van der Waals surface area (Å²) in [6.45, 7) is 3.14. The van der Waals surface area contributed by atoms with Gasteiger partial charge in [0.2, 0.25) is 10.0 Å². The van der Waals surface area contributed by atoms with E-state index in [1.165, 1.54) is 31.2 Å². The van der Waals surface area contributed by atoms with E-state index in [2.05, 4.69) is 4.72 Å².